The molecule has 0 saturated carbocycles. The number of nitrogens with zero attached hydrogens (tertiary/aromatic N) is 3. The van der Waals surface area contributed by atoms with Crippen LogP contribution in [0.4, 0.5) is 0 Å². The lowest BCUT2D eigenvalue weighted by atomic mass is 9.99. The summed E-state index contributed by atoms with van der Waals surface area (Å²) >= 11 is 9.16. The number of ether oxygens (including phenoxy) is 2. The molecule has 0 N–H and O–H groups in total. The molecule has 0 unspecified atom stereocenters. The fourth-order valence-corrected chi connectivity index (χ4v) is 7.20. The number of rotatable bonds is 7. The number of carbonyl (C=O) groups excluding carboxylic acids is 1. The summed E-state index contributed by atoms with van der Waals surface area (Å²) in [5.74, 6) is 1.46. The molecular formula is C31H26ClN3O4S2. The number of para-hydroxylation sites is 1. The molecule has 0 bridgehead atoms. The van der Waals surface area contributed by atoms with E-state index in [0.717, 1.165) is 28.7 Å². The maximum atomic E-state index is 14.1. The second kappa shape index (κ2) is 11.6. The smallest absolute Gasteiger partial charge is 0.268 e. The summed E-state index contributed by atoms with van der Waals surface area (Å²) in [4.78, 5) is 34.8. The highest BCUT2D eigenvalue weighted by molar-refractivity contribution is 7.99. The number of fused-ring (bicyclic) bond motifs is 2. The van der Waals surface area contributed by atoms with Crippen LogP contribution in [0.3, 0.4) is 0 Å². The number of carbonyl (C=O) groups is 1. The summed E-state index contributed by atoms with van der Waals surface area (Å²) in [7, 11) is 3.22. The van der Waals surface area contributed by atoms with Gasteiger partial charge < -0.3 is 14.4 Å². The highest BCUT2D eigenvalue weighted by Gasteiger charge is 2.25. The predicted octanol–water partition coefficient (Wildman–Crippen LogP) is 6.46. The van der Waals surface area contributed by atoms with Crippen LogP contribution >= 0.6 is 34.7 Å². The van der Waals surface area contributed by atoms with Crippen molar-refractivity contribution in [1.29, 1.82) is 0 Å². The van der Waals surface area contributed by atoms with Crippen LogP contribution in [-0.4, -0.2) is 46.9 Å². The Bertz CT molecular complexity index is 1820. The molecule has 1 aliphatic rings. The molecule has 0 radical (unpaired) electrons. The second-order valence-corrected chi connectivity index (χ2v) is 11.7. The molecule has 208 valence electrons. The Kier molecular flexibility index (Phi) is 7.75. The molecule has 0 aliphatic carbocycles. The fraction of sp³-hybridized carbons (Fsp3) is 0.194. The monoisotopic (exact) mass is 603 g/mol. The molecule has 0 saturated heterocycles. The number of methoxy groups -OCH3 is 2. The first-order valence-electron chi connectivity index (χ1n) is 13.0. The van der Waals surface area contributed by atoms with E-state index in [1.165, 1.54) is 23.1 Å². The van der Waals surface area contributed by atoms with E-state index in [-0.39, 0.29) is 17.2 Å². The maximum Gasteiger partial charge on any atom is 0.268 e. The van der Waals surface area contributed by atoms with Crippen molar-refractivity contribution in [3.05, 3.63) is 98.6 Å². The van der Waals surface area contributed by atoms with Crippen molar-refractivity contribution in [3.8, 4) is 28.3 Å². The summed E-state index contributed by atoms with van der Waals surface area (Å²) in [6.45, 7) is 1.09. The molecule has 6 rings (SSSR count). The number of thiophene rings is 1. The maximum absolute atomic E-state index is 14.1. The van der Waals surface area contributed by atoms with Crippen molar-refractivity contribution in [2.24, 2.45) is 0 Å². The van der Waals surface area contributed by atoms with Crippen molar-refractivity contribution in [3.63, 3.8) is 0 Å². The van der Waals surface area contributed by atoms with E-state index in [4.69, 9.17) is 26.1 Å². The van der Waals surface area contributed by atoms with Gasteiger partial charge in [0.15, 0.2) is 16.7 Å². The summed E-state index contributed by atoms with van der Waals surface area (Å²) in [6.07, 6.45) is 0.727. The minimum atomic E-state index is -0.194. The van der Waals surface area contributed by atoms with Crippen LogP contribution in [0.2, 0.25) is 5.02 Å². The van der Waals surface area contributed by atoms with Gasteiger partial charge in [0, 0.05) is 34.6 Å². The molecular weight excluding hydrogens is 578 g/mol. The van der Waals surface area contributed by atoms with Crippen molar-refractivity contribution in [2.75, 3.05) is 26.5 Å². The summed E-state index contributed by atoms with van der Waals surface area (Å²) in [5.41, 5.74) is 4.22. The van der Waals surface area contributed by atoms with E-state index in [9.17, 15) is 9.59 Å². The highest BCUT2D eigenvalue weighted by atomic mass is 35.5. The molecule has 0 atom stereocenters. The number of hydrogen-bond acceptors (Lipinski definition) is 7. The Labute approximate surface area is 250 Å². The summed E-state index contributed by atoms with van der Waals surface area (Å²) in [6, 6.07) is 20.8. The van der Waals surface area contributed by atoms with Crippen LogP contribution in [0.1, 0.15) is 11.1 Å². The lowest BCUT2D eigenvalue weighted by Gasteiger charge is -2.29. The molecule has 3 heterocycles. The Morgan fingerprint density at radius 3 is 2.44 bits per heavy atom. The van der Waals surface area contributed by atoms with Crippen molar-refractivity contribution >= 4 is 50.8 Å². The first kappa shape index (κ1) is 27.4. The number of halogens is 1. The molecule has 10 heteroatoms. The Morgan fingerprint density at radius 1 is 1.00 bits per heavy atom. The zero-order valence-corrected chi connectivity index (χ0v) is 24.8. The van der Waals surface area contributed by atoms with E-state index < -0.39 is 0 Å². The van der Waals surface area contributed by atoms with Crippen LogP contribution in [0.5, 0.6) is 11.5 Å². The Morgan fingerprint density at radius 2 is 1.71 bits per heavy atom. The largest absolute Gasteiger partial charge is 0.493 e. The Hall–Kier alpha value is -3.79. The molecule has 41 heavy (non-hydrogen) atoms. The quantitative estimate of drug-likeness (QED) is 0.157. The van der Waals surface area contributed by atoms with Crippen LogP contribution in [0.25, 0.3) is 27.0 Å². The average molecular weight is 604 g/mol. The van der Waals surface area contributed by atoms with Gasteiger partial charge in [0.05, 0.1) is 31.0 Å². The van der Waals surface area contributed by atoms with Crippen LogP contribution in [0.15, 0.2) is 82.1 Å². The average Bonchev–Trinajstić information content (AvgIpc) is 3.43. The topological polar surface area (TPSA) is 73.7 Å². The molecule has 5 aromatic rings. The molecule has 0 fully saturated rings. The first-order valence-corrected chi connectivity index (χ1v) is 15.2. The molecule has 7 nitrogen and oxygen atoms in total. The standard InChI is InChI=1S/C31H26ClN3O4S2/c1-38-25-14-19-12-13-34(16-20(19)15-26(25)39-2)27(36)18-41-31-33-29-28(30(37)35(31)21-8-4-3-5-9-21)23(17-40-29)22-10-6-7-11-24(22)32/h3-11,14-15,17H,12-13,16,18H2,1-2H3. The first-order chi connectivity index (χ1) is 20.0. The van der Waals surface area contributed by atoms with E-state index in [2.05, 4.69) is 0 Å². The van der Waals surface area contributed by atoms with Gasteiger partial charge in [-0.05, 0) is 47.9 Å². The third-order valence-corrected chi connectivity index (χ3v) is 9.28. The van der Waals surface area contributed by atoms with Crippen LogP contribution < -0.4 is 15.0 Å². The zero-order valence-electron chi connectivity index (χ0n) is 22.4. The fourth-order valence-electron chi connectivity index (χ4n) is 5.07. The van der Waals surface area contributed by atoms with Crippen molar-refractivity contribution in [1.82, 2.24) is 14.5 Å². The summed E-state index contributed by atoms with van der Waals surface area (Å²) < 4.78 is 12.5. The van der Waals surface area contributed by atoms with E-state index in [0.29, 0.717) is 50.7 Å². The van der Waals surface area contributed by atoms with Gasteiger partial charge in [0.25, 0.3) is 5.56 Å². The van der Waals surface area contributed by atoms with Crippen LogP contribution in [0, 0.1) is 0 Å². The molecule has 2 aromatic heterocycles. The SMILES string of the molecule is COc1cc2c(cc1OC)CN(C(=O)CSc1nc3scc(-c4ccccc4Cl)c3c(=O)n1-c1ccccc1)CC2. The normalized spacial score (nSPS) is 12.8. The minimum Gasteiger partial charge on any atom is -0.493 e. The molecule has 3 aromatic carbocycles. The van der Waals surface area contributed by atoms with E-state index in [1.807, 2.05) is 77.0 Å². The van der Waals surface area contributed by atoms with Gasteiger partial charge in [-0.15, -0.1) is 11.3 Å². The molecule has 1 aliphatic heterocycles. The molecule has 1 amide bonds. The number of thioether (sulfide) groups is 1. The van der Waals surface area contributed by atoms with Gasteiger partial charge in [-0.1, -0.05) is 59.8 Å². The Balaban J connectivity index is 1.32. The van der Waals surface area contributed by atoms with Gasteiger partial charge in [-0.2, -0.15) is 0 Å². The number of aromatic nitrogens is 2. The van der Waals surface area contributed by atoms with Crippen molar-refractivity contribution in [2.45, 2.75) is 18.1 Å². The van der Waals surface area contributed by atoms with Gasteiger partial charge in [0.2, 0.25) is 5.91 Å². The van der Waals surface area contributed by atoms with E-state index in [1.54, 1.807) is 18.8 Å². The highest BCUT2D eigenvalue weighted by Crippen LogP contribution is 2.37. The zero-order chi connectivity index (χ0) is 28.5. The predicted molar refractivity (Wildman–Crippen MR) is 165 cm³/mol. The van der Waals surface area contributed by atoms with Gasteiger partial charge in [-0.25, -0.2) is 4.98 Å². The second-order valence-electron chi connectivity index (χ2n) is 9.51. The number of benzene rings is 3. The lowest BCUT2D eigenvalue weighted by Crippen LogP contribution is -2.37. The lowest BCUT2D eigenvalue weighted by molar-refractivity contribution is -0.129. The van der Waals surface area contributed by atoms with Crippen molar-refractivity contribution < 1.29 is 14.3 Å². The third-order valence-electron chi connectivity index (χ3n) is 7.15. The van der Waals surface area contributed by atoms with Gasteiger partial charge >= 0.3 is 0 Å². The minimum absolute atomic E-state index is 0.0210. The van der Waals surface area contributed by atoms with E-state index >= 15 is 0 Å². The third kappa shape index (κ3) is 5.21. The van der Waals surface area contributed by atoms with Crippen LogP contribution in [-0.2, 0) is 17.8 Å². The van der Waals surface area contributed by atoms with Gasteiger partial charge in [0.1, 0.15) is 4.83 Å². The molecule has 0 spiro atoms. The summed E-state index contributed by atoms with van der Waals surface area (Å²) in [5, 5.41) is 3.48. The number of hydrogen-bond donors (Lipinski definition) is 0. The number of amides is 1. The van der Waals surface area contributed by atoms with Gasteiger partial charge in [-0.3, -0.25) is 14.2 Å².